The summed E-state index contributed by atoms with van der Waals surface area (Å²) in [7, 11) is 4.02. The van der Waals surface area contributed by atoms with E-state index in [1.165, 1.54) is 31.1 Å². The van der Waals surface area contributed by atoms with Crippen molar-refractivity contribution in [2.75, 3.05) is 77.8 Å². The molecule has 0 aliphatic carbocycles. The SMILES string of the molecule is COC(=O)N1CC(C(=O)Nc2ccccc2)C1.COC(=O)N1CC(C(=O)O)C1.COC(=O)N1CC(CNc2ccccc2)C1. The van der Waals surface area contributed by atoms with Crippen molar-refractivity contribution in [3.8, 4) is 0 Å². The number of aliphatic carboxylic acids is 1. The number of hydrogen-bond donors (Lipinski definition) is 3. The summed E-state index contributed by atoms with van der Waals surface area (Å²) in [6.07, 6.45) is -1.06. The van der Waals surface area contributed by atoms with Crippen LogP contribution in [-0.2, 0) is 23.8 Å². The van der Waals surface area contributed by atoms with Gasteiger partial charge in [-0.05, 0) is 24.3 Å². The summed E-state index contributed by atoms with van der Waals surface area (Å²) in [5, 5.41) is 14.6. The van der Waals surface area contributed by atoms with Gasteiger partial charge in [-0.2, -0.15) is 0 Å². The largest absolute Gasteiger partial charge is 0.481 e. The van der Waals surface area contributed by atoms with Crippen LogP contribution in [0.15, 0.2) is 60.7 Å². The highest BCUT2D eigenvalue weighted by atomic mass is 16.6. The van der Waals surface area contributed by atoms with Gasteiger partial charge in [-0.25, -0.2) is 14.4 Å². The zero-order valence-corrected chi connectivity index (χ0v) is 25.0. The standard InChI is InChI=1S/C12H14N2O3.C12H16N2O2.C6H9NO4/c1-17-12(16)14-7-9(8-14)11(15)13-10-5-3-2-4-6-10;1-16-12(15)14-8-10(9-14)7-13-11-5-3-2-4-6-11;1-11-6(10)7-2-4(3-7)5(8)9/h2-6,9H,7-8H2,1H3,(H,13,15);2-6,10,13H,7-9H2,1H3;4H,2-3H2,1H3,(H,8,9). The summed E-state index contributed by atoms with van der Waals surface area (Å²) < 4.78 is 13.6. The number of carboxylic acids is 1. The lowest BCUT2D eigenvalue weighted by molar-refractivity contribution is -0.146. The highest BCUT2D eigenvalue weighted by Crippen LogP contribution is 2.19. The topological polar surface area (TPSA) is 167 Å². The molecule has 0 atom stereocenters. The number of likely N-dealkylation sites (tertiary alicyclic amines) is 3. The molecule has 3 saturated heterocycles. The average Bonchev–Trinajstić information content (AvgIpc) is 2.96. The second-order valence-electron chi connectivity index (χ2n) is 10.3. The Morgan fingerprint density at radius 3 is 1.50 bits per heavy atom. The molecule has 0 saturated carbocycles. The van der Waals surface area contributed by atoms with Crippen molar-refractivity contribution < 1.29 is 43.3 Å². The minimum atomic E-state index is -0.856. The first-order valence-electron chi connectivity index (χ1n) is 14.0. The van der Waals surface area contributed by atoms with E-state index in [1.54, 1.807) is 4.90 Å². The highest BCUT2D eigenvalue weighted by Gasteiger charge is 2.37. The van der Waals surface area contributed by atoms with Gasteiger partial charge in [0, 0.05) is 63.1 Å². The summed E-state index contributed by atoms with van der Waals surface area (Å²) in [6.45, 7) is 3.84. The van der Waals surface area contributed by atoms with Crippen molar-refractivity contribution >= 4 is 41.5 Å². The molecule has 0 radical (unpaired) electrons. The van der Waals surface area contributed by atoms with Gasteiger partial charge in [0.05, 0.1) is 33.2 Å². The summed E-state index contributed by atoms with van der Waals surface area (Å²) in [5.74, 6) is -0.941. The molecule has 3 heterocycles. The Labute approximate surface area is 255 Å². The van der Waals surface area contributed by atoms with Crippen LogP contribution in [0.1, 0.15) is 0 Å². The third-order valence-corrected chi connectivity index (χ3v) is 7.15. The number of carbonyl (C=O) groups is 5. The predicted octanol–water partition coefficient (Wildman–Crippen LogP) is 2.89. The smallest absolute Gasteiger partial charge is 0.409 e. The van der Waals surface area contributed by atoms with Crippen molar-refractivity contribution in [1.29, 1.82) is 0 Å². The number of ether oxygens (including phenoxy) is 3. The second-order valence-corrected chi connectivity index (χ2v) is 10.3. The van der Waals surface area contributed by atoms with E-state index in [0.717, 1.165) is 31.0 Å². The first kappa shape index (κ1) is 33.5. The average molecular weight is 614 g/mol. The van der Waals surface area contributed by atoms with Crippen molar-refractivity contribution in [1.82, 2.24) is 14.7 Å². The normalized spacial score (nSPS) is 15.8. The Bertz CT molecular complexity index is 1250. The molecule has 0 aromatic heterocycles. The molecule has 0 unspecified atom stereocenters. The number of methoxy groups -OCH3 is 3. The number of hydrogen-bond acceptors (Lipinski definition) is 9. The number of carbonyl (C=O) groups excluding carboxylic acids is 4. The lowest BCUT2D eigenvalue weighted by Gasteiger charge is -2.38. The van der Waals surface area contributed by atoms with E-state index in [0.29, 0.717) is 19.0 Å². The number of nitrogens with zero attached hydrogens (tertiary/aromatic N) is 3. The fraction of sp³-hybridized carbons (Fsp3) is 0.433. The van der Waals surface area contributed by atoms with Gasteiger partial charge in [0.2, 0.25) is 5.91 Å². The van der Waals surface area contributed by atoms with Gasteiger partial charge in [-0.1, -0.05) is 36.4 Å². The van der Waals surface area contributed by atoms with E-state index in [9.17, 15) is 24.0 Å². The lowest BCUT2D eigenvalue weighted by atomic mass is 10.00. The molecule has 3 N–H and O–H groups in total. The molecule has 3 aliphatic heterocycles. The van der Waals surface area contributed by atoms with Crippen LogP contribution in [0.25, 0.3) is 0 Å². The maximum Gasteiger partial charge on any atom is 0.409 e. The maximum atomic E-state index is 11.8. The lowest BCUT2D eigenvalue weighted by Crippen LogP contribution is -2.54. The minimum absolute atomic E-state index is 0.0589. The summed E-state index contributed by atoms with van der Waals surface area (Å²) in [5.41, 5.74) is 1.90. The van der Waals surface area contributed by atoms with Gasteiger partial charge < -0.3 is 44.7 Å². The molecule has 5 rings (SSSR count). The Hall–Kier alpha value is -5.01. The van der Waals surface area contributed by atoms with E-state index in [-0.39, 0.29) is 37.1 Å². The number of rotatable bonds is 6. The molecule has 4 amide bonds. The van der Waals surface area contributed by atoms with Crippen molar-refractivity contribution in [3.63, 3.8) is 0 Å². The first-order chi connectivity index (χ1) is 21.1. The van der Waals surface area contributed by atoms with Crippen LogP contribution in [0, 0.1) is 17.8 Å². The highest BCUT2D eigenvalue weighted by molar-refractivity contribution is 5.94. The molecule has 0 spiro atoms. The molecule has 2 aromatic rings. The summed E-state index contributed by atoms with van der Waals surface area (Å²) in [4.78, 5) is 59.4. The zero-order chi connectivity index (χ0) is 32.1. The fourth-order valence-corrected chi connectivity index (χ4v) is 4.40. The van der Waals surface area contributed by atoms with Gasteiger partial charge in [-0.15, -0.1) is 0 Å². The van der Waals surface area contributed by atoms with Crippen LogP contribution in [-0.4, -0.2) is 117 Å². The summed E-state index contributed by atoms with van der Waals surface area (Å²) in [6, 6.07) is 19.3. The van der Waals surface area contributed by atoms with E-state index >= 15 is 0 Å². The second kappa shape index (κ2) is 16.6. The molecule has 2 aromatic carbocycles. The Balaban J connectivity index is 0.000000185. The number of benzene rings is 2. The number of para-hydroxylation sites is 2. The van der Waals surface area contributed by atoms with Crippen LogP contribution in [0.5, 0.6) is 0 Å². The van der Waals surface area contributed by atoms with E-state index < -0.39 is 18.0 Å². The third kappa shape index (κ3) is 9.78. The van der Waals surface area contributed by atoms with Crippen LogP contribution in [0.4, 0.5) is 25.8 Å². The van der Waals surface area contributed by atoms with Crippen LogP contribution in [0.2, 0.25) is 0 Å². The number of amides is 4. The third-order valence-electron chi connectivity index (χ3n) is 7.15. The number of nitrogens with one attached hydrogen (secondary N) is 2. The molecule has 14 nitrogen and oxygen atoms in total. The molecular formula is C30H39N5O9. The molecule has 3 aliphatic rings. The van der Waals surface area contributed by atoms with Crippen LogP contribution < -0.4 is 10.6 Å². The fourth-order valence-electron chi connectivity index (χ4n) is 4.40. The molecular weight excluding hydrogens is 574 g/mol. The Morgan fingerprint density at radius 1 is 0.659 bits per heavy atom. The van der Waals surface area contributed by atoms with Gasteiger partial charge in [0.1, 0.15) is 0 Å². The predicted molar refractivity (Wildman–Crippen MR) is 160 cm³/mol. The molecule has 0 bridgehead atoms. The van der Waals surface area contributed by atoms with Crippen molar-refractivity contribution in [2.45, 2.75) is 0 Å². The minimum Gasteiger partial charge on any atom is -0.481 e. The maximum absolute atomic E-state index is 11.8. The van der Waals surface area contributed by atoms with Crippen LogP contribution in [0.3, 0.4) is 0 Å². The monoisotopic (exact) mass is 613 g/mol. The van der Waals surface area contributed by atoms with E-state index in [4.69, 9.17) is 5.11 Å². The van der Waals surface area contributed by atoms with Gasteiger partial charge in [0.15, 0.2) is 0 Å². The molecule has 44 heavy (non-hydrogen) atoms. The number of anilines is 2. The van der Waals surface area contributed by atoms with Gasteiger partial charge >= 0.3 is 24.2 Å². The van der Waals surface area contributed by atoms with Gasteiger partial charge in [0.25, 0.3) is 0 Å². The molecule has 238 valence electrons. The quantitative estimate of drug-likeness (QED) is 0.412. The zero-order valence-electron chi connectivity index (χ0n) is 25.0. The van der Waals surface area contributed by atoms with E-state index in [2.05, 4.69) is 24.8 Å². The molecule has 14 heteroatoms. The van der Waals surface area contributed by atoms with E-state index in [1.807, 2.05) is 60.7 Å². The Kier molecular flexibility index (Phi) is 12.6. The van der Waals surface area contributed by atoms with Crippen molar-refractivity contribution in [2.24, 2.45) is 17.8 Å². The van der Waals surface area contributed by atoms with Gasteiger partial charge in [-0.3, -0.25) is 9.59 Å². The Morgan fingerprint density at radius 2 is 1.07 bits per heavy atom. The van der Waals surface area contributed by atoms with Crippen molar-refractivity contribution in [3.05, 3.63) is 60.7 Å². The first-order valence-corrected chi connectivity index (χ1v) is 14.0. The number of carboxylic acid groups (broad SMARTS) is 1. The van der Waals surface area contributed by atoms with Crippen LogP contribution >= 0.6 is 0 Å². The summed E-state index contributed by atoms with van der Waals surface area (Å²) >= 11 is 0. The molecule has 3 fully saturated rings.